The van der Waals surface area contributed by atoms with Crippen LogP contribution in [0.15, 0.2) is 58.3 Å². The van der Waals surface area contributed by atoms with Gasteiger partial charge >= 0.3 is 0 Å². The summed E-state index contributed by atoms with van der Waals surface area (Å²) in [5.74, 6) is 0. The van der Waals surface area contributed by atoms with Crippen LogP contribution in [0, 0.1) is 0 Å². The first-order chi connectivity index (χ1) is 16.9. The summed E-state index contributed by atoms with van der Waals surface area (Å²) in [4.78, 5) is 30.4. The minimum atomic E-state index is -1.43. The van der Waals surface area contributed by atoms with E-state index in [-0.39, 0.29) is 10.2 Å². The summed E-state index contributed by atoms with van der Waals surface area (Å²) in [7, 11) is -2.86. The van der Waals surface area contributed by atoms with Gasteiger partial charge in [0.25, 0.3) is 0 Å². The third-order valence-electron chi connectivity index (χ3n) is 6.57. The molecular formula is C28H26O2S4Si2. The number of thiophene rings is 2. The number of benzene rings is 2. The van der Waals surface area contributed by atoms with Crippen LogP contribution in [-0.4, -0.2) is 26.4 Å². The highest BCUT2D eigenvalue weighted by Crippen LogP contribution is 2.37. The van der Waals surface area contributed by atoms with E-state index in [4.69, 9.17) is 0 Å². The smallest absolute Gasteiger partial charge is 0.226 e. The molecule has 0 saturated carbocycles. The Labute approximate surface area is 229 Å². The first kappa shape index (κ1) is 24.6. The molecule has 0 bridgehead atoms. The number of hydrogen-bond donors (Lipinski definition) is 0. The van der Waals surface area contributed by atoms with Crippen LogP contribution >= 0.6 is 46.2 Å². The van der Waals surface area contributed by atoms with E-state index in [9.17, 15) is 9.59 Å². The molecule has 2 aromatic heterocycles. The van der Waals surface area contributed by atoms with E-state index in [1.165, 1.54) is 32.5 Å². The highest BCUT2D eigenvalue weighted by atomic mass is 32.2. The number of rotatable bonds is 4. The van der Waals surface area contributed by atoms with E-state index in [2.05, 4.69) is 87.8 Å². The Bertz CT molecular complexity index is 1620. The van der Waals surface area contributed by atoms with E-state index < -0.39 is 16.1 Å². The molecule has 0 saturated heterocycles. The molecule has 0 radical (unpaired) electrons. The van der Waals surface area contributed by atoms with Crippen LogP contribution in [0.25, 0.3) is 21.9 Å². The van der Waals surface area contributed by atoms with E-state index in [0.29, 0.717) is 0 Å². The van der Waals surface area contributed by atoms with Gasteiger partial charge < -0.3 is 0 Å². The molecule has 4 heterocycles. The molecule has 2 nitrogen and oxygen atoms in total. The average molecular weight is 579 g/mol. The van der Waals surface area contributed by atoms with Crippen molar-refractivity contribution in [3.05, 3.63) is 68.7 Å². The van der Waals surface area contributed by atoms with Crippen LogP contribution in [0.4, 0.5) is 0 Å². The van der Waals surface area contributed by atoms with Crippen molar-refractivity contribution in [2.75, 3.05) is 0 Å². The minimum Gasteiger partial charge on any atom is -0.281 e. The molecule has 0 atom stereocenters. The normalized spacial score (nSPS) is 15.8. The molecule has 36 heavy (non-hydrogen) atoms. The van der Waals surface area contributed by atoms with Crippen LogP contribution in [0.5, 0.6) is 0 Å². The van der Waals surface area contributed by atoms with Gasteiger partial charge in [-0.1, -0.05) is 51.4 Å². The summed E-state index contributed by atoms with van der Waals surface area (Å²) in [6, 6.07) is 17.3. The lowest BCUT2D eigenvalue weighted by molar-refractivity contribution is -0.106. The zero-order chi connectivity index (χ0) is 25.6. The Morgan fingerprint density at radius 2 is 0.944 bits per heavy atom. The predicted octanol–water partition coefficient (Wildman–Crippen LogP) is 5.72. The van der Waals surface area contributed by atoms with Gasteiger partial charge in [-0.2, -0.15) is 0 Å². The molecule has 2 aliphatic rings. The minimum absolute atomic E-state index is 0.131. The van der Waals surface area contributed by atoms with E-state index in [0.717, 1.165) is 51.9 Å². The fraction of sp³-hybridized carbons (Fsp3) is 0.214. The predicted molar refractivity (Wildman–Crippen MR) is 165 cm³/mol. The van der Waals surface area contributed by atoms with Crippen LogP contribution in [-0.2, 0) is 9.59 Å². The summed E-state index contributed by atoms with van der Waals surface area (Å²) in [5.41, 5.74) is 1.67. The largest absolute Gasteiger partial charge is 0.281 e. The molecule has 0 aliphatic carbocycles. The second-order valence-electron chi connectivity index (χ2n) is 11.4. The third-order valence-corrected chi connectivity index (χ3v) is 17.9. The Kier molecular flexibility index (Phi) is 5.76. The van der Waals surface area contributed by atoms with Crippen molar-refractivity contribution in [1.82, 2.24) is 0 Å². The van der Waals surface area contributed by atoms with Gasteiger partial charge in [-0.3, -0.25) is 9.59 Å². The molecule has 0 spiro atoms. The van der Waals surface area contributed by atoms with E-state index >= 15 is 0 Å². The van der Waals surface area contributed by atoms with Crippen molar-refractivity contribution >= 4 is 103 Å². The van der Waals surface area contributed by atoms with Crippen LogP contribution < -0.4 is 19.4 Å². The SMILES string of the molecule is C[Si](C)(C)c1ccc(C2=c3cc4cc5c(cc4cc3SC2=O)=C(c2ccc([Si](C)(C)C)s2)C(=O)S5)s1. The molecule has 8 heteroatoms. The summed E-state index contributed by atoms with van der Waals surface area (Å²) < 4.78 is 2.83. The van der Waals surface area contributed by atoms with Gasteiger partial charge in [0, 0.05) is 30.0 Å². The van der Waals surface area contributed by atoms with Crippen LogP contribution in [0.1, 0.15) is 9.75 Å². The van der Waals surface area contributed by atoms with Gasteiger partial charge in [-0.05, 0) is 79.7 Å². The molecule has 4 aromatic rings. The molecule has 0 unspecified atom stereocenters. The van der Waals surface area contributed by atoms with E-state index in [1.807, 2.05) is 0 Å². The van der Waals surface area contributed by atoms with Crippen molar-refractivity contribution in [3.8, 4) is 0 Å². The quantitative estimate of drug-likeness (QED) is 0.290. The fourth-order valence-electron chi connectivity index (χ4n) is 4.61. The zero-order valence-corrected chi connectivity index (χ0v) is 26.3. The standard InChI is InChI=1S/C28H26O2S4Si2/c1-35(2,3)23-9-7-19(31-23)25-17-11-15-14-22-18(12-16(15)13-21(17)33-27(25)29)26(28(30)34-22)20-8-10-24(32-20)36(4,5)6/h7-14H,1-6H3. The van der Waals surface area contributed by atoms with Crippen molar-refractivity contribution in [3.63, 3.8) is 0 Å². The highest BCUT2D eigenvalue weighted by Gasteiger charge is 2.29. The summed E-state index contributed by atoms with van der Waals surface area (Å²) >= 11 is 6.21. The summed E-state index contributed by atoms with van der Waals surface area (Å²) in [6.07, 6.45) is 0. The molecule has 0 N–H and O–H groups in total. The van der Waals surface area contributed by atoms with Gasteiger partial charge in [0.2, 0.25) is 10.2 Å². The zero-order valence-electron chi connectivity index (χ0n) is 21.1. The maximum atomic E-state index is 13.1. The van der Waals surface area contributed by atoms with Crippen LogP contribution in [0.3, 0.4) is 0 Å². The summed E-state index contributed by atoms with van der Waals surface area (Å²) in [6.45, 7) is 14.0. The van der Waals surface area contributed by atoms with Gasteiger partial charge in [0.1, 0.15) is 0 Å². The molecule has 2 aromatic carbocycles. The molecule has 0 fully saturated rings. The second kappa shape index (κ2) is 8.41. The number of carbonyl (C=O) groups excluding carboxylic acids is 2. The van der Waals surface area contributed by atoms with Crippen LogP contribution in [0.2, 0.25) is 39.3 Å². The molecule has 6 rings (SSSR count). The summed E-state index contributed by atoms with van der Waals surface area (Å²) in [5, 5.41) is 4.48. The van der Waals surface area contributed by atoms with Gasteiger partial charge in [-0.15, -0.1) is 22.7 Å². The van der Waals surface area contributed by atoms with Crippen molar-refractivity contribution < 1.29 is 9.59 Å². The van der Waals surface area contributed by atoms with Gasteiger partial charge in [0.15, 0.2) is 0 Å². The van der Waals surface area contributed by atoms with Crippen molar-refractivity contribution in [1.29, 1.82) is 0 Å². The Hall–Kier alpha value is -1.69. The Morgan fingerprint density at radius 1 is 0.556 bits per heavy atom. The average Bonchev–Trinajstić information content (AvgIpc) is 3.53. The van der Waals surface area contributed by atoms with Crippen molar-refractivity contribution in [2.24, 2.45) is 0 Å². The monoisotopic (exact) mass is 578 g/mol. The third kappa shape index (κ3) is 4.06. The number of carbonyl (C=O) groups is 2. The second-order valence-corrected chi connectivity index (χ2v) is 26.4. The number of hydrogen-bond acceptors (Lipinski definition) is 6. The fourth-order valence-corrected chi connectivity index (χ4v) is 12.6. The lowest BCUT2D eigenvalue weighted by atomic mass is 10.0. The lowest BCUT2D eigenvalue weighted by Gasteiger charge is -2.12. The topological polar surface area (TPSA) is 34.1 Å². The first-order valence-electron chi connectivity index (χ1n) is 11.9. The molecule has 2 aliphatic heterocycles. The Balaban J connectivity index is 1.53. The number of fused-ring (bicyclic) bond motifs is 3. The van der Waals surface area contributed by atoms with Gasteiger partial charge in [0.05, 0.1) is 27.3 Å². The molecule has 182 valence electrons. The first-order valence-corrected chi connectivity index (χ1v) is 22.2. The highest BCUT2D eigenvalue weighted by molar-refractivity contribution is 8.15. The lowest BCUT2D eigenvalue weighted by Crippen LogP contribution is -2.34. The number of thioether (sulfide) groups is 2. The van der Waals surface area contributed by atoms with Gasteiger partial charge in [-0.25, -0.2) is 0 Å². The van der Waals surface area contributed by atoms with Crippen molar-refractivity contribution in [2.45, 2.75) is 49.1 Å². The van der Waals surface area contributed by atoms with E-state index in [1.54, 1.807) is 22.7 Å². The maximum Gasteiger partial charge on any atom is 0.226 e. The Morgan fingerprint density at radius 3 is 1.28 bits per heavy atom. The maximum absolute atomic E-state index is 13.1. The molecule has 0 amide bonds. The molecular weight excluding hydrogens is 553 g/mol.